The molecule has 100 valence electrons. The molecular formula is C16H24O2. The normalized spacial score (nSPS) is 12.2. The van der Waals surface area contributed by atoms with E-state index in [4.69, 9.17) is 4.74 Å². The largest absolute Gasteiger partial charge is 0.490 e. The molecule has 1 rings (SSSR count). The van der Waals surface area contributed by atoms with E-state index in [1.165, 1.54) is 25.7 Å². The van der Waals surface area contributed by atoms with Gasteiger partial charge in [0, 0.05) is 0 Å². The van der Waals surface area contributed by atoms with Crippen LogP contribution in [0, 0.1) is 0 Å². The van der Waals surface area contributed by atoms with Gasteiger partial charge in [-0.1, -0.05) is 38.3 Å². The Morgan fingerprint density at radius 3 is 2.61 bits per heavy atom. The van der Waals surface area contributed by atoms with Crippen LogP contribution < -0.4 is 4.74 Å². The molecule has 2 heteroatoms. The number of carbonyl (C=O) groups is 1. The van der Waals surface area contributed by atoms with E-state index in [9.17, 15) is 4.79 Å². The molecule has 0 N–H and O–H groups in total. The Morgan fingerprint density at radius 1 is 1.22 bits per heavy atom. The van der Waals surface area contributed by atoms with Crippen molar-refractivity contribution in [1.82, 2.24) is 0 Å². The monoisotopic (exact) mass is 248 g/mol. The summed E-state index contributed by atoms with van der Waals surface area (Å²) in [6.45, 7) is 5.86. The molecule has 0 saturated heterocycles. The first-order chi connectivity index (χ1) is 8.65. The molecule has 1 aromatic rings. The van der Waals surface area contributed by atoms with Crippen LogP contribution in [-0.4, -0.2) is 11.9 Å². The number of hydrogen-bond acceptors (Lipinski definition) is 2. The lowest BCUT2D eigenvalue weighted by Crippen LogP contribution is -2.13. The number of carbonyl (C=O) groups excluding carboxylic acids is 1. The molecule has 0 amide bonds. The lowest BCUT2D eigenvalue weighted by Gasteiger charge is -2.16. The standard InChI is InChI=1S/C16H24O2/c1-4-5-6-7-10-13(2)18-16-12-9-8-11-15(16)14(3)17/h8-9,11-13H,4-7,10H2,1-3H3. The summed E-state index contributed by atoms with van der Waals surface area (Å²) in [5.41, 5.74) is 0.679. The van der Waals surface area contributed by atoms with Crippen molar-refractivity contribution in [2.75, 3.05) is 0 Å². The number of Topliss-reactive ketones (excluding diaryl/α,β-unsaturated/α-hetero) is 1. The average molecular weight is 248 g/mol. The number of benzene rings is 1. The third-order valence-corrected chi connectivity index (χ3v) is 3.06. The summed E-state index contributed by atoms with van der Waals surface area (Å²) >= 11 is 0. The van der Waals surface area contributed by atoms with E-state index in [1.54, 1.807) is 6.92 Å². The molecule has 2 nitrogen and oxygen atoms in total. The molecule has 18 heavy (non-hydrogen) atoms. The molecule has 0 aliphatic rings. The summed E-state index contributed by atoms with van der Waals surface area (Å²) in [6.07, 6.45) is 6.21. The van der Waals surface area contributed by atoms with Gasteiger partial charge in [-0.25, -0.2) is 0 Å². The third-order valence-electron chi connectivity index (χ3n) is 3.06. The summed E-state index contributed by atoms with van der Waals surface area (Å²) < 4.78 is 5.87. The second kappa shape index (κ2) is 7.91. The maximum Gasteiger partial charge on any atom is 0.163 e. The molecule has 0 aromatic heterocycles. The van der Waals surface area contributed by atoms with Gasteiger partial charge in [0.2, 0.25) is 0 Å². The SMILES string of the molecule is CCCCCCC(C)Oc1ccccc1C(C)=O. The molecule has 0 radical (unpaired) electrons. The highest BCUT2D eigenvalue weighted by Gasteiger charge is 2.10. The number of unbranched alkanes of at least 4 members (excludes halogenated alkanes) is 3. The van der Waals surface area contributed by atoms with Crippen molar-refractivity contribution in [1.29, 1.82) is 0 Å². The predicted octanol–water partition coefficient (Wildman–Crippen LogP) is 4.63. The van der Waals surface area contributed by atoms with Crippen LogP contribution in [0.3, 0.4) is 0 Å². The first-order valence-electron chi connectivity index (χ1n) is 6.91. The summed E-state index contributed by atoms with van der Waals surface area (Å²) in [5.74, 6) is 0.775. The average Bonchev–Trinajstić information content (AvgIpc) is 2.35. The van der Waals surface area contributed by atoms with Crippen LogP contribution in [0.25, 0.3) is 0 Å². The Hall–Kier alpha value is -1.31. The van der Waals surface area contributed by atoms with Gasteiger partial charge < -0.3 is 4.74 Å². The topological polar surface area (TPSA) is 26.3 Å². The Kier molecular flexibility index (Phi) is 6.48. The van der Waals surface area contributed by atoms with E-state index >= 15 is 0 Å². The highest BCUT2D eigenvalue weighted by molar-refractivity contribution is 5.96. The van der Waals surface area contributed by atoms with Gasteiger partial charge in [-0.15, -0.1) is 0 Å². The molecule has 1 aromatic carbocycles. The molecule has 0 saturated carbocycles. The molecular weight excluding hydrogens is 224 g/mol. The van der Waals surface area contributed by atoms with Crippen LogP contribution in [0.5, 0.6) is 5.75 Å². The van der Waals surface area contributed by atoms with Gasteiger partial charge in [0.1, 0.15) is 5.75 Å². The molecule has 1 unspecified atom stereocenters. The molecule has 0 fully saturated rings. The second-order valence-electron chi connectivity index (χ2n) is 4.83. The summed E-state index contributed by atoms with van der Waals surface area (Å²) in [7, 11) is 0. The van der Waals surface area contributed by atoms with Crippen molar-refractivity contribution in [3.8, 4) is 5.75 Å². The van der Waals surface area contributed by atoms with Gasteiger partial charge in [-0.2, -0.15) is 0 Å². The number of rotatable bonds is 8. The van der Waals surface area contributed by atoms with Crippen LogP contribution >= 0.6 is 0 Å². The lowest BCUT2D eigenvalue weighted by atomic mass is 10.1. The van der Waals surface area contributed by atoms with Gasteiger partial charge in [0.15, 0.2) is 5.78 Å². The van der Waals surface area contributed by atoms with E-state index in [0.29, 0.717) is 11.3 Å². The fraction of sp³-hybridized carbons (Fsp3) is 0.562. The van der Waals surface area contributed by atoms with E-state index in [2.05, 4.69) is 13.8 Å². The number of ketones is 1. The Labute approximate surface area is 110 Å². The number of para-hydroxylation sites is 1. The molecule has 0 spiro atoms. The first-order valence-corrected chi connectivity index (χ1v) is 6.91. The maximum absolute atomic E-state index is 11.5. The molecule has 0 heterocycles. The zero-order chi connectivity index (χ0) is 13.4. The van der Waals surface area contributed by atoms with Crippen molar-refractivity contribution in [3.63, 3.8) is 0 Å². The fourth-order valence-corrected chi connectivity index (χ4v) is 1.99. The predicted molar refractivity (Wildman–Crippen MR) is 75.3 cm³/mol. The highest BCUT2D eigenvalue weighted by Crippen LogP contribution is 2.21. The van der Waals surface area contributed by atoms with Crippen LogP contribution in [0.2, 0.25) is 0 Å². The number of hydrogen-bond donors (Lipinski definition) is 0. The third kappa shape index (κ3) is 4.91. The molecule has 1 atom stereocenters. The summed E-state index contributed by atoms with van der Waals surface area (Å²) in [6, 6.07) is 7.47. The van der Waals surface area contributed by atoms with E-state index < -0.39 is 0 Å². The van der Waals surface area contributed by atoms with Crippen LogP contribution in [-0.2, 0) is 0 Å². The molecule has 0 aliphatic carbocycles. The Balaban J connectivity index is 2.48. The van der Waals surface area contributed by atoms with E-state index in [1.807, 2.05) is 24.3 Å². The van der Waals surface area contributed by atoms with Gasteiger partial charge in [0.25, 0.3) is 0 Å². The summed E-state index contributed by atoms with van der Waals surface area (Å²) in [4.78, 5) is 11.5. The van der Waals surface area contributed by atoms with Gasteiger partial charge >= 0.3 is 0 Å². The minimum atomic E-state index is 0.0591. The van der Waals surface area contributed by atoms with Crippen LogP contribution in [0.4, 0.5) is 0 Å². The molecule has 0 aliphatic heterocycles. The van der Waals surface area contributed by atoms with E-state index in [-0.39, 0.29) is 11.9 Å². The van der Waals surface area contributed by atoms with Crippen LogP contribution in [0.1, 0.15) is 63.2 Å². The minimum Gasteiger partial charge on any atom is -0.490 e. The first kappa shape index (κ1) is 14.7. The highest BCUT2D eigenvalue weighted by atomic mass is 16.5. The van der Waals surface area contributed by atoms with Crippen molar-refractivity contribution < 1.29 is 9.53 Å². The van der Waals surface area contributed by atoms with Crippen LogP contribution in [0.15, 0.2) is 24.3 Å². The zero-order valence-corrected chi connectivity index (χ0v) is 11.7. The Morgan fingerprint density at radius 2 is 1.94 bits per heavy atom. The van der Waals surface area contributed by atoms with Gasteiger partial charge in [-0.05, 0) is 38.8 Å². The lowest BCUT2D eigenvalue weighted by molar-refractivity contribution is 0.101. The van der Waals surface area contributed by atoms with Gasteiger partial charge in [-0.3, -0.25) is 4.79 Å². The van der Waals surface area contributed by atoms with Crippen molar-refractivity contribution in [2.45, 2.75) is 59.0 Å². The summed E-state index contributed by atoms with van der Waals surface area (Å²) in [5, 5.41) is 0. The maximum atomic E-state index is 11.5. The molecule has 0 bridgehead atoms. The second-order valence-corrected chi connectivity index (χ2v) is 4.83. The minimum absolute atomic E-state index is 0.0591. The fourth-order valence-electron chi connectivity index (χ4n) is 1.99. The number of ether oxygens (including phenoxy) is 1. The smallest absolute Gasteiger partial charge is 0.163 e. The quantitative estimate of drug-likeness (QED) is 0.495. The van der Waals surface area contributed by atoms with E-state index in [0.717, 1.165) is 6.42 Å². The van der Waals surface area contributed by atoms with Crippen molar-refractivity contribution in [3.05, 3.63) is 29.8 Å². The van der Waals surface area contributed by atoms with Crippen molar-refractivity contribution >= 4 is 5.78 Å². The Bertz CT molecular complexity index is 371. The zero-order valence-electron chi connectivity index (χ0n) is 11.7. The van der Waals surface area contributed by atoms with Crippen molar-refractivity contribution in [2.24, 2.45) is 0 Å². The van der Waals surface area contributed by atoms with Gasteiger partial charge in [0.05, 0.1) is 11.7 Å².